The molecule has 0 aromatic heterocycles. The molecule has 0 aliphatic carbocycles. The Bertz CT molecular complexity index is 987. The Hall–Kier alpha value is -3.80. The number of hydrogen-bond acceptors (Lipinski definition) is 5. The number of para-hydroxylation sites is 1. The van der Waals surface area contributed by atoms with E-state index in [-0.39, 0.29) is 5.91 Å². The summed E-state index contributed by atoms with van der Waals surface area (Å²) in [6.45, 7) is 0.444. The zero-order valence-corrected chi connectivity index (χ0v) is 16.3. The number of methoxy groups -OCH3 is 2. The van der Waals surface area contributed by atoms with Gasteiger partial charge in [0.2, 0.25) is 0 Å². The first kappa shape index (κ1) is 19.9. The summed E-state index contributed by atoms with van der Waals surface area (Å²) in [4.78, 5) is 12.3. The van der Waals surface area contributed by atoms with Crippen LogP contribution in [0.4, 0.5) is 0 Å². The van der Waals surface area contributed by atoms with Gasteiger partial charge < -0.3 is 14.2 Å². The molecule has 0 radical (unpaired) electrons. The predicted octanol–water partition coefficient (Wildman–Crippen LogP) is 4.05. The average molecular weight is 390 g/mol. The van der Waals surface area contributed by atoms with Crippen LogP contribution in [0.2, 0.25) is 0 Å². The van der Waals surface area contributed by atoms with Crippen LogP contribution in [0.1, 0.15) is 21.5 Å². The molecule has 1 N–H and O–H groups in total. The van der Waals surface area contributed by atoms with Gasteiger partial charge in [-0.1, -0.05) is 42.5 Å². The molecule has 1 amide bonds. The molecule has 3 aromatic carbocycles. The molecule has 0 bridgehead atoms. The largest absolute Gasteiger partial charge is 0.496 e. The standard InChI is InChI=1S/C23H22N2O4/c1-27-20-11-7-6-10-19(20)23(26)25-24-15-18-12-13-21(22(14-18)28-2)29-16-17-8-4-3-5-9-17/h3-15H,16H2,1-2H3,(H,25,26). The third kappa shape index (κ3) is 5.35. The van der Waals surface area contributed by atoms with E-state index in [1.165, 1.54) is 13.3 Å². The highest BCUT2D eigenvalue weighted by atomic mass is 16.5. The summed E-state index contributed by atoms with van der Waals surface area (Å²) in [5, 5.41) is 4.02. The van der Waals surface area contributed by atoms with Gasteiger partial charge >= 0.3 is 0 Å². The van der Waals surface area contributed by atoms with Crippen LogP contribution < -0.4 is 19.6 Å². The van der Waals surface area contributed by atoms with Crippen molar-refractivity contribution in [2.24, 2.45) is 5.10 Å². The lowest BCUT2D eigenvalue weighted by atomic mass is 10.2. The van der Waals surface area contributed by atoms with Gasteiger partial charge in [0.25, 0.3) is 5.91 Å². The molecule has 29 heavy (non-hydrogen) atoms. The van der Waals surface area contributed by atoms with Crippen LogP contribution in [0.15, 0.2) is 77.9 Å². The van der Waals surface area contributed by atoms with E-state index in [1.807, 2.05) is 42.5 Å². The Morgan fingerprint density at radius 1 is 0.897 bits per heavy atom. The number of rotatable bonds is 8. The average Bonchev–Trinajstić information content (AvgIpc) is 2.78. The molecule has 0 aliphatic rings. The van der Waals surface area contributed by atoms with Crippen LogP contribution in [-0.4, -0.2) is 26.3 Å². The van der Waals surface area contributed by atoms with Crippen LogP contribution in [0.3, 0.4) is 0 Å². The lowest BCUT2D eigenvalue weighted by Gasteiger charge is -2.11. The number of benzene rings is 3. The van der Waals surface area contributed by atoms with E-state index in [1.54, 1.807) is 37.4 Å². The predicted molar refractivity (Wildman–Crippen MR) is 112 cm³/mol. The molecule has 0 unspecified atom stereocenters. The summed E-state index contributed by atoms with van der Waals surface area (Å²) < 4.78 is 16.4. The van der Waals surface area contributed by atoms with Gasteiger partial charge in [0.15, 0.2) is 11.5 Å². The molecule has 3 rings (SSSR count). The number of carbonyl (C=O) groups is 1. The molecule has 148 valence electrons. The monoisotopic (exact) mass is 390 g/mol. The van der Waals surface area contributed by atoms with Crippen LogP contribution in [0.25, 0.3) is 0 Å². The van der Waals surface area contributed by atoms with Crippen molar-refractivity contribution in [1.82, 2.24) is 5.43 Å². The molecule has 6 nitrogen and oxygen atoms in total. The van der Waals surface area contributed by atoms with Crippen molar-refractivity contribution in [2.45, 2.75) is 6.61 Å². The van der Waals surface area contributed by atoms with Crippen molar-refractivity contribution in [3.05, 3.63) is 89.5 Å². The zero-order chi connectivity index (χ0) is 20.5. The zero-order valence-electron chi connectivity index (χ0n) is 16.3. The topological polar surface area (TPSA) is 69.2 Å². The third-order valence-corrected chi connectivity index (χ3v) is 4.16. The van der Waals surface area contributed by atoms with Gasteiger partial charge in [-0.15, -0.1) is 0 Å². The van der Waals surface area contributed by atoms with Crippen LogP contribution in [0, 0.1) is 0 Å². The highest BCUT2D eigenvalue weighted by molar-refractivity contribution is 5.97. The molecule has 0 aliphatic heterocycles. The second-order valence-electron chi connectivity index (χ2n) is 6.08. The summed E-state index contributed by atoms with van der Waals surface area (Å²) in [5.74, 6) is 1.35. The Balaban J connectivity index is 1.64. The number of nitrogens with zero attached hydrogens (tertiary/aromatic N) is 1. The van der Waals surface area contributed by atoms with E-state index in [9.17, 15) is 4.79 Å². The third-order valence-electron chi connectivity index (χ3n) is 4.16. The second-order valence-corrected chi connectivity index (χ2v) is 6.08. The van der Waals surface area contributed by atoms with Gasteiger partial charge in [0, 0.05) is 0 Å². The molecular formula is C23H22N2O4. The Morgan fingerprint density at radius 3 is 2.38 bits per heavy atom. The van der Waals surface area contributed by atoms with Crippen molar-refractivity contribution in [3.8, 4) is 17.2 Å². The smallest absolute Gasteiger partial charge is 0.275 e. The summed E-state index contributed by atoms with van der Waals surface area (Å²) in [6, 6.07) is 22.3. The number of carbonyl (C=O) groups excluding carboxylic acids is 1. The van der Waals surface area contributed by atoms with Crippen LogP contribution in [-0.2, 0) is 6.61 Å². The summed E-state index contributed by atoms with van der Waals surface area (Å²) in [7, 11) is 3.10. The van der Waals surface area contributed by atoms with Gasteiger partial charge in [-0.25, -0.2) is 5.43 Å². The number of ether oxygens (including phenoxy) is 3. The first-order valence-corrected chi connectivity index (χ1v) is 9.02. The fourth-order valence-electron chi connectivity index (χ4n) is 2.68. The van der Waals surface area contributed by atoms with Crippen molar-refractivity contribution in [2.75, 3.05) is 14.2 Å². The second kappa shape index (κ2) is 9.94. The molecular weight excluding hydrogens is 368 g/mol. The lowest BCUT2D eigenvalue weighted by molar-refractivity contribution is 0.0952. The molecule has 3 aromatic rings. The van der Waals surface area contributed by atoms with E-state index in [0.717, 1.165) is 11.1 Å². The van der Waals surface area contributed by atoms with Crippen molar-refractivity contribution < 1.29 is 19.0 Å². The fourth-order valence-corrected chi connectivity index (χ4v) is 2.68. The van der Waals surface area contributed by atoms with E-state index in [2.05, 4.69) is 10.5 Å². The minimum absolute atomic E-state index is 0.353. The maximum Gasteiger partial charge on any atom is 0.275 e. The van der Waals surface area contributed by atoms with Crippen molar-refractivity contribution in [1.29, 1.82) is 0 Å². The minimum atomic E-state index is -0.353. The van der Waals surface area contributed by atoms with Gasteiger partial charge in [-0.3, -0.25) is 4.79 Å². The van der Waals surface area contributed by atoms with Gasteiger partial charge in [-0.2, -0.15) is 5.10 Å². The van der Waals surface area contributed by atoms with Crippen LogP contribution >= 0.6 is 0 Å². The number of hydrazone groups is 1. The molecule has 0 saturated heterocycles. The maximum absolute atomic E-state index is 12.3. The molecule has 0 heterocycles. The van der Waals surface area contributed by atoms with Gasteiger partial charge in [0.05, 0.1) is 26.0 Å². The van der Waals surface area contributed by atoms with Gasteiger partial charge in [0.1, 0.15) is 12.4 Å². The minimum Gasteiger partial charge on any atom is -0.496 e. The highest BCUT2D eigenvalue weighted by Crippen LogP contribution is 2.28. The highest BCUT2D eigenvalue weighted by Gasteiger charge is 2.10. The van der Waals surface area contributed by atoms with Crippen LogP contribution in [0.5, 0.6) is 17.2 Å². The molecule has 0 spiro atoms. The summed E-state index contributed by atoms with van der Waals surface area (Å²) in [6.07, 6.45) is 1.54. The molecule has 0 saturated carbocycles. The SMILES string of the molecule is COc1cc(C=NNC(=O)c2ccccc2OC)ccc1OCc1ccccc1. The molecule has 6 heteroatoms. The number of nitrogens with one attached hydrogen (secondary N) is 1. The Kier molecular flexibility index (Phi) is 6.84. The lowest BCUT2D eigenvalue weighted by Crippen LogP contribution is -2.18. The summed E-state index contributed by atoms with van der Waals surface area (Å²) >= 11 is 0. The molecule has 0 atom stereocenters. The number of amides is 1. The Morgan fingerprint density at radius 2 is 1.62 bits per heavy atom. The normalized spacial score (nSPS) is 10.6. The number of hydrogen-bond donors (Lipinski definition) is 1. The maximum atomic E-state index is 12.3. The summed E-state index contributed by atoms with van der Waals surface area (Å²) in [5.41, 5.74) is 4.74. The van der Waals surface area contributed by atoms with Crippen molar-refractivity contribution in [3.63, 3.8) is 0 Å². The fraction of sp³-hybridized carbons (Fsp3) is 0.130. The first-order chi connectivity index (χ1) is 14.2. The van der Waals surface area contributed by atoms with Crippen molar-refractivity contribution >= 4 is 12.1 Å². The first-order valence-electron chi connectivity index (χ1n) is 9.02. The Labute approximate surface area is 169 Å². The van der Waals surface area contributed by atoms with E-state index in [0.29, 0.717) is 29.4 Å². The quantitative estimate of drug-likeness (QED) is 0.465. The van der Waals surface area contributed by atoms with Gasteiger partial charge in [-0.05, 0) is 41.5 Å². The van der Waals surface area contributed by atoms with E-state index < -0.39 is 0 Å². The molecule has 0 fully saturated rings. The van der Waals surface area contributed by atoms with E-state index >= 15 is 0 Å². The van der Waals surface area contributed by atoms with E-state index in [4.69, 9.17) is 14.2 Å².